The number of nitrogens with zero attached hydrogens (tertiary/aromatic N) is 1. The summed E-state index contributed by atoms with van der Waals surface area (Å²) in [5.41, 5.74) is 0. The summed E-state index contributed by atoms with van der Waals surface area (Å²) in [4.78, 5) is 0. The molecule has 0 aliphatic heterocycles. The minimum atomic E-state index is -1.96. The molecule has 0 saturated heterocycles. The van der Waals surface area contributed by atoms with Crippen molar-refractivity contribution in [1.82, 2.24) is 0 Å². The third kappa shape index (κ3) is 41.9. The molecular weight excluding hydrogens is 156 g/mol. The predicted molar refractivity (Wildman–Crippen MR) is 28.8 cm³/mol. The van der Waals surface area contributed by atoms with Gasteiger partial charge in [0.2, 0.25) is 0 Å². The SMILES string of the molecule is N#COB(O)O.O.O.O.[H-].[Na+]. The minimum absolute atomic E-state index is 0. The van der Waals surface area contributed by atoms with Crippen LogP contribution in [0.3, 0.4) is 0 Å². The van der Waals surface area contributed by atoms with Crippen LogP contribution in [0.1, 0.15) is 1.43 Å². The first-order valence-electron chi connectivity index (χ1n) is 1.18. The second kappa shape index (κ2) is 22.9. The van der Waals surface area contributed by atoms with Crippen LogP contribution in [0.25, 0.3) is 0 Å². The molecule has 0 amide bonds. The Morgan fingerprint density at radius 3 is 1.60 bits per heavy atom. The van der Waals surface area contributed by atoms with Gasteiger partial charge in [0.1, 0.15) is 0 Å². The number of hydrogen-bond donors (Lipinski definition) is 2. The summed E-state index contributed by atoms with van der Waals surface area (Å²) in [6.07, 6.45) is 1.07. The minimum Gasteiger partial charge on any atom is -1.00 e. The monoisotopic (exact) mass is 165 g/mol. The summed E-state index contributed by atoms with van der Waals surface area (Å²) in [5.74, 6) is 0. The molecule has 7 nitrogen and oxygen atoms in total. The van der Waals surface area contributed by atoms with Crippen LogP contribution in [0.5, 0.6) is 0 Å². The van der Waals surface area contributed by atoms with E-state index in [2.05, 4.69) is 4.65 Å². The molecule has 0 aliphatic carbocycles. The van der Waals surface area contributed by atoms with Crippen molar-refractivity contribution in [2.75, 3.05) is 0 Å². The van der Waals surface area contributed by atoms with Gasteiger partial charge in [-0.25, -0.2) is 0 Å². The van der Waals surface area contributed by atoms with Crippen LogP contribution >= 0.6 is 0 Å². The van der Waals surface area contributed by atoms with E-state index in [1.807, 2.05) is 0 Å². The summed E-state index contributed by atoms with van der Waals surface area (Å²) in [6, 6.07) is 0. The van der Waals surface area contributed by atoms with Gasteiger partial charge in [-0.15, -0.1) is 0 Å². The standard InChI is InChI=1S/CH2BNO3.Na.3H2O.H/c3-1-6-2(4)5;;;;;/h4-5H;;3*1H2;/q;+1;;;;-1. The van der Waals surface area contributed by atoms with Crippen molar-refractivity contribution in [3.8, 4) is 6.26 Å². The summed E-state index contributed by atoms with van der Waals surface area (Å²) >= 11 is 0. The Bertz CT molecular complexity index is 77.5. The summed E-state index contributed by atoms with van der Waals surface area (Å²) in [7, 11) is -1.96. The summed E-state index contributed by atoms with van der Waals surface area (Å²) < 4.78 is 3.46. The number of hydrogen-bond acceptors (Lipinski definition) is 4. The van der Waals surface area contributed by atoms with Gasteiger partial charge in [-0.3, -0.25) is 0 Å². The van der Waals surface area contributed by atoms with Gasteiger partial charge < -0.3 is 32.6 Å². The van der Waals surface area contributed by atoms with Gasteiger partial charge in [-0.05, 0) is 0 Å². The fourth-order valence-corrected chi connectivity index (χ4v) is 0.0471. The molecule has 0 rings (SSSR count). The molecule has 10 heavy (non-hydrogen) atoms. The number of nitriles is 1. The fourth-order valence-electron chi connectivity index (χ4n) is 0.0471. The maximum Gasteiger partial charge on any atom is 1.00 e. The van der Waals surface area contributed by atoms with Crippen LogP contribution in [0.2, 0.25) is 0 Å². The molecule has 0 fully saturated rings. The molecule has 0 aromatic rings. The molecular formula is CH9BNNaO6. The zero-order valence-electron chi connectivity index (χ0n) is 6.33. The molecule has 0 aliphatic rings. The topological polar surface area (TPSA) is 168 Å². The van der Waals surface area contributed by atoms with E-state index in [4.69, 9.17) is 15.3 Å². The van der Waals surface area contributed by atoms with Crippen molar-refractivity contribution in [1.29, 1.82) is 5.26 Å². The fraction of sp³-hybridized carbons (Fsp3) is 0. The Labute approximate surface area is 81.1 Å². The van der Waals surface area contributed by atoms with Crippen LogP contribution in [0, 0.1) is 11.5 Å². The molecule has 0 heterocycles. The van der Waals surface area contributed by atoms with Crippen LogP contribution < -0.4 is 29.6 Å². The molecule has 0 bridgehead atoms. The average molecular weight is 165 g/mol. The molecule has 0 saturated carbocycles. The molecule has 0 unspecified atom stereocenters. The third-order valence-corrected chi connectivity index (χ3v) is 0.158. The summed E-state index contributed by atoms with van der Waals surface area (Å²) in [6.45, 7) is 0. The van der Waals surface area contributed by atoms with Crippen LogP contribution in [0.15, 0.2) is 0 Å². The van der Waals surface area contributed by atoms with E-state index < -0.39 is 7.32 Å². The van der Waals surface area contributed by atoms with Gasteiger partial charge in [-0.2, -0.15) is 5.26 Å². The molecule has 0 aromatic heterocycles. The maximum atomic E-state index is 7.66. The van der Waals surface area contributed by atoms with Gasteiger partial charge in [0, 0.05) is 0 Å². The smallest absolute Gasteiger partial charge is 1.00 e. The van der Waals surface area contributed by atoms with E-state index in [1.54, 1.807) is 0 Å². The molecule has 0 atom stereocenters. The van der Waals surface area contributed by atoms with E-state index in [9.17, 15) is 0 Å². The molecule has 0 aromatic carbocycles. The molecule has 9 heteroatoms. The van der Waals surface area contributed by atoms with Gasteiger partial charge in [0.05, 0.1) is 0 Å². The Morgan fingerprint density at radius 1 is 1.30 bits per heavy atom. The van der Waals surface area contributed by atoms with E-state index in [0.29, 0.717) is 0 Å². The molecule has 8 N–H and O–H groups in total. The van der Waals surface area contributed by atoms with Crippen LogP contribution in [0.4, 0.5) is 0 Å². The van der Waals surface area contributed by atoms with Gasteiger partial charge in [0.25, 0.3) is 6.26 Å². The van der Waals surface area contributed by atoms with Crippen LogP contribution in [-0.4, -0.2) is 33.8 Å². The first-order valence-corrected chi connectivity index (χ1v) is 1.18. The Hall–Kier alpha value is 0.155. The summed E-state index contributed by atoms with van der Waals surface area (Å²) in [5, 5.41) is 22.8. The van der Waals surface area contributed by atoms with Crippen molar-refractivity contribution in [2.24, 2.45) is 0 Å². The van der Waals surface area contributed by atoms with E-state index >= 15 is 0 Å². The van der Waals surface area contributed by atoms with Crippen molar-refractivity contribution < 1.29 is 62.1 Å². The first-order chi connectivity index (χ1) is 2.77. The Balaban J connectivity index is -0.0000000125. The predicted octanol–water partition coefficient (Wildman–Crippen LogP) is -6.90. The zero-order valence-corrected chi connectivity index (χ0v) is 7.33. The Kier molecular flexibility index (Phi) is 73.4. The van der Waals surface area contributed by atoms with Crippen molar-refractivity contribution >= 4 is 7.32 Å². The van der Waals surface area contributed by atoms with Crippen molar-refractivity contribution in [3.05, 3.63) is 0 Å². The first kappa shape index (κ1) is 32.0. The van der Waals surface area contributed by atoms with E-state index in [-0.39, 0.29) is 47.4 Å². The van der Waals surface area contributed by atoms with Crippen LogP contribution in [-0.2, 0) is 4.65 Å². The third-order valence-electron chi connectivity index (χ3n) is 0.158. The zero-order chi connectivity index (χ0) is 4.99. The Morgan fingerprint density at radius 2 is 1.60 bits per heavy atom. The van der Waals surface area contributed by atoms with E-state index in [0.717, 1.165) is 6.26 Å². The van der Waals surface area contributed by atoms with E-state index in [1.165, 1.54) is 0 Å². The second-order valence-electron chi connectivity index (χ2n) is 0.535. The average Bonchev–Trinajstić information content (AvgIpc) is 1.35. The quantitative estimate of drug-likeness (QED) is 0.290. The number of rotatable bonds is 1. The molecule has 58 valence electrons. The van der Waals surface area contributed by atoms with Gasteiger partial charge in [-0.1, -0.05) is 0 Å². The van der Waals surface area contributed by atoms with Crippen molar-refractivity contribution in [3.63, 3.8) is 0 Å². The van der Waals surface area contributed by atoms with Gasteiger partial charge >= 0.3 is 36.9 Å². The molecule has 0 radical (unpaired) electrons. The molecule has 0 spiro atoms. The largest absolute Gasteiger partial charge is 1.00 e. The normalized spacial score (nSPS) is 3.70. The van der Waals surface area contributed by atoms with Gasteiger partial charge in [0.15, 0.2) is 0 Å². The maximum absolute atomic E-state index is 7.66. The van der Waals surface area contributed by atoms with Crippen molar-refractivity contribution in [2.45, 2.75) is 0 Å². The second-order valence-corrected chi connectivity index (χ2v) is 0.535.